The number of nitrogens with one attached hydrogen (secondary N) is 1. The molecule has 0 saturated carbocycles. The molecule has 2 aromatic carbocycles. The van der Waals surface area contributed by atoms with Crippen LogP contribution >= 0.6 is 0 Å². The van der Waals surface area contributed by atoms with Crippen LogP contribution in [0.2, 0.25) is 0 Å². The third-order valence-corrected chi connectivity index (χ3v) is 3.81. The molecule has 0 aromatic heterocycles. The van der Waals surface area contributed by atoms with E-state index in [2.05, 4.69) is 5.32 Å². The van der Waals surface area contributed by atoms with Gasteiger partial charge in [0.1, 0.15) is 0 Å². The first-order chi connectivity index (χ1) is 11.3. The quantitative estimate of drug-likeness (QED) is 0.879. The van der Waals surface area contributed by atoms with Gasteiger partial charge in [-0.25, -0.2) is 0 Å². The summed E-state index contributed by atoms with van der Waals surface area (Å²) < 4.78 is 40.3. The lowest BCUT2D eigenvalue weighted by molar-refractivity contribution is -0.257. The van der Waals surface area contributed by atoms with E-state index >= 15 is 0 Å². The molecule has 2 aromatic rings. The van der Waals surface area contributed by atoms with Crippen molar-refractivity contribution in [1.82, 2.24) is 5.32 Å². The summed E-state index contributed by atoms with van der Waals surface area (Å²) in [4.78, 5) is 12.2. The lowest BCUT2D eigenvalue weighted by Crippen LogP contribution is -2.54. The number of aliphatic hydroxyl groups is 1. The summed E-state index contributed by atoms with van der Waals surface area (Å²) in [6, 6.07) is 13.7. The van der Waals surface area contributed by atoms with Gasteiger partial charge in [0.25, 0.3) is 11.5 Å². The fourth-order valence-electron chi connectivity index (χ4n) is 2.31. The average molecular weight is 337 g/mol. The van der Waals surface area contributed by atoms with Crippen LogP contribution in [0.5, 0.6) is 0 Å². The molecule has 0 bridgehead atoms. The largest absolute Gasteiger partial charge is 0.430 e. The van der Waals surface area contributed by atoms with Gasteiger partial charge < -0.3 is 10.4 Å². The van der Waals surface area contributed by atoms with Crippen molar-refractivity contribution in [2.45, 2.75) is 31.7 Å². The molecule has 2 N–H and O–H groups in total. The van der Waals surface area contributed by atoms with Gasteiger partial charge in [-0.05, 0) is 17.5 Å². The minimum absolute atomic E-state index is 0.106. The van der Waals surface area contributed by atoms with Crippen LogP contribution in [0.15, 0.2) is 54.6 Å². The zero-order chi connectivity index (χ0) is 17.8. The second kappa shape index (κ2) is 7.05. The number of carbonyl (C=O) groups excluding carboxylic acids is 1. The Bertz CT molecular complexity index is 684. The summed E-state index contributed by atoms with van der Waals surface area (Å²) in [5.41, 5.74) is -2.64. The van der Waals surface area contributed by atoms with E-state index in [9.17, 15) is 23.1 Å². The van der Waals surface area contributed by atoms with Crippen LogP contribution in [0.3, 0.4) is 0 Å². The SMILES string of the molecule is CCc1ccc([C@](O)(C(=O)NCc2ccccc2)C(F)(F)F)cc1. The molecule has 128 valence electrons. The fraction of sp³-hybridized carbons (Fsp3) is 0.278. The minimum atomic E-state index is -5.14. The molecule has 0 heterocycles. The van der Waals surface area contributed by atoms with Crippen molar-refractivity contribution in [1.29, 1.82) is 0 Å². The van der Waals surface area contributed by atoms with Gasteiger partial charge >= 0.3 is 6.18 Å². The van der Waals surface area contributed by atoms with Crippen LogP contribution in [0.1, 0.15) is 23.6 Å². The zero-order valence-electron chi connectivity index (χ0n) is 13.1. The molecule has 1 atom stereocenters. The van der Waals surface area contributed by atoms with Gasteiger partial charge in [-0.1, -0.05) is 61.5 Å². The first kappa shape index (κ1) is 18.0. The van der Waals surface area contributed by atoms with Crippen LogP contribution in [0, 0.1) is 0 Å². The predicted molar refractivity (Wildman–Crippen MR) is 84.1 cm³/mol. The monoisotopic (exact) mass is 337 g/mol. The number of hydrogen-bond donors (Lipinski definition) is 2. The predicted octanol–water partition coefficient (Wildman–Crippen LogP) is 3.32. The van der Waals surface area contributed by atoms with E-state index < -0.39 is 23.2 Å². The lowest BCUT2D eigenvalue weighted by Gasteiger charge is -2.29. The van der Waals surface area contributed by atoms with Crippen molar-refractivity contribution in [2.75, 3.05) is 0 Å². The molecule has 0 radical (unpaired) electrons. The summed E-state index contributed by atoms with van der Waals surface area (Å²) in [5, 5.41) is 12.4. The summed E-state index contributed by atoms with van der Waals surface area (Å²) in [5.74, 6) is -1.50. The Kier molecular flexibility index (Phi) is 5.29. The number of carbonyl (C=O) groups is 1. The number of rotatable bonds is 5. The van der Waals surface area contributed by atoms with E-state index in [4.69, 9.17) is 0 Å². The van der Waals surface area contributed by atoms with E-state index in [1.54, 1.807) is 30.3 Å². The molecule has 0 aliphatic rings. The third-order valence-electron chi connectivity index (χ3n) is 3.81. The highest BCUT2D eigenvalue weighted by Crippen LogP contribution is 2.39. The molecular formula is C18H18F3NO2. The highest BCUT2D eigenvalue weighted by molar-refractivity contribution is 5.87. The second-order valence-electron chi connectivity index (χ2n) is 5.43. The van der Waals surface area contributed by atoms with Crippen molar-refractivity contribution in [3.63, 3.8) is 0 Å². The normalized spacial score (nSPS) is 14.0. The molecule has 0 fully saturated rings. The van der Waals surface area contributed by atoms with E-state index in [0.29, 0.717) is 12.0 Å². The highest BCUT2D eigenvalue weighted by atomic mass is 19.4. The van der Waals surface area contributed by atoms with Crippen molar-refractivity contribution >= 4 is 5.91 Å². The van der Waals surface area contributed by atoms with Crippen LogP contribution in [0.25, 0.3) is 0 Å². The van der Waals surface area contributed by atoms with Gasteiger partial charge in [-0.15, -0.1) is 0 Å². The number of amides is 1. The third kappa shape index (κ3) is 3.59. The van der Waals surface area contributed by atoms with Gasteiger partial charge in [0.05, 0.1) is 0 Å². The Hall–Kier alpha value is -2.34. The van der Waals surface area contributed by atoms with Crippen LogP contribution < -0.4 is 5.32 Å². The van der Waals surface area contributed by atoms with Crippen molar-refractivity contribution in [3.8, 4) is 0 Å². The maximum absolute atomic E-state index is 13.4. The van der Waals surface area contributed by atoms with Crippen molar-refractivity contribution in [3.05, 3.63) is 71.3 Å². The summed E-state index contributed by atoms with van der Waals surface area (Å²) in [6.45, 7) is 1.75. The summed E-state index contributed by atoms with van der Waals surface area (Å²) >= 11 is 0. The molecule has 0 spiro atoms. The number of aryl methyl sites for hydroxylation is 1. The Balaban J connectivity index is 2.27. The maximum atomic E-state index is 13.4. The first-order valence-electron chi connectivity index (χ1n) is 7.49. The fourth-order valence-corrected chi connectivity index (χ4v) is 2.31. The molecule has 1 amide bonds. The van der Waals surface area contributed by atoms with Crippen molar-refractivity contribution in [2.24, 2.45) is 0 Å². The Morgan fingerprint density at radius 1 is 1.00 bits per heavy atom. The standard InChI is InChI=1S/C18H18F3NO2/c1-2-13-8-10-15(11-9-13)17(24,18(19,20)21)16(23)22-12-14-6-4-3-5-7-14/h3-11,24H,2,12H2,1H3,(H,22,23)/t17-/m0/s1. The lowest BCUT2D eigenvalue weighted by atomic mass is 9.91. The smallest absolute Gasteiger partial charge is 0.369 e. The Labute approximate surface area is 138 Å². The van der Waals surface area contributed by atoms with E-state index in [1.165, 1.54) is 12.1 Å². The topological polar surface area (TPSA) is 49.3 Å². The number of alkyl halides is 3. The maximum Gasteiger partial charge on any atom is 0.430 e. The molecule has 0 aliphatic heterocycles. The van der Waals surface area contributed by atoms with E-state index in [-0.39, 0.29) is 6.54 Å². The summed E-state index contributed by atoms with van der Waals surface area (Å²) in [7, 11) is 0. The average Bonchev–Trinajstić information content (AvgIpc) is 2.59. The molecule has 0 unspecified atom stereocenters. The van der Waals surface area contributed by atoms with Crippen LogP contribution in [0.4, 0.5) is 13.2 Å². The van der Waals surface area contributed by atoms with Crippen LogP contribution in [-0.2, 0) is 23.4 Å². The molecule has 0 aliphatic carbocycles. The number of hydrogen-bond acceptors (Lipinski definition) is 2. The van der Waals surface area contributed by atoms with E-state index in [0.717, 1.165) is 17.7 Å². The van der Waals surface area contributed by atoms with Gasteiger partial charge in [-0.3, -0.25) is 4.79 Å². The van der Waals surface area contributed by atoms with Crippen molar-refractivity contribution < 1.29 is 23.1 Å². The second-order valence-corrected chi connectivity index (χ2v) is 5.43. The molecule has 0 saturated heterocycles. The van der Waals surface area contributed by atoms with Gasteiger partial charge in [0.15, 0.2) is 0 Å². The zero-order valence-corrected chi connectivity index (χ0v) is 13.1. The molecule has 6 heteroatoms. The van der Waals surface area contributed by atoms with Gasteiger partial charge in [0, 0.05) is 12.1 Å². The van der Waals surface area contributed by atoms with E-state index in [1.807, 2.05) is 6.92 Å². The Morgan fingerprint density at radius 2 is 1.58 bits per heavy atom. The number of halogens is 3. The number of benzene rings is 2. The van der Waals surface area contributed by atoms with Crippen LogP contribution in [-0.4, -0.2) is 17.2 Å². The summed E-state index contributed by atoms with van der Waals surface area (Å²) in [6.07, 6.45) is -4.49. The minimum Gasteiger partial charge on any atom is -0.369 e. The van der Waals surface area contributed by atoms with Gasteiger partial charge in [0.2, 0.25) is 0 Å². The van der Waals surface area contributed by atoms with Gasteiger partial charge in [-0.2, -0.15) is 13.2 Å². The molecular weight excluding hydrogens is 319 g/mol. The molecule has 3 nitrogen and oxygen atoms in total. The highest BCUT2D eigenvalue weighted by Gasteiger charge is 2.60. The Morgan fingerprint density at radius 3 is 2.08 bits per heavy atom. The molecule has 2 rings (SSSR count). The first-order valence-corrected chi connectivity index (χ1v) is 7.49. The molecule has 24 heavy (non-hydrogen) atoms.